The maximum atomic E-state index is 8.91. The number of aliphatic hydroxyl groups is 1. The van der Waals surface area contributed by atoms with Crippen molar-refractivity contribution in [2.24, 2.45) is 0 Å². The number of benzene rings is 1. The largest absolute Gasteiger partial charge is 0.497 e. The van der Waals surface area contributed by atoms with Crippen LogP contribution in [0.2, 0.25) is 0 Å². The van der Waals surface area contributed by atoms with Crippen molar-refractivity contribution in [2.75, 3.05) is 13.7 Å². The van der Waals surface area contributed by atoms with Crippen molar-refractivity contribution < 1.29 is 9.84 Å². The second-order valence-corrected chi connectivity index (χ2v) is 4.52. The van der Waals surface area contributed by atoms with Gasteiger partial charge in [-0.3, -0.25) is 0 Å². The molecule has 2 heteroatoms. The number of hydrogen-bond acceptors (Lipinski definition) is 2. The van der Waals surface area contributed by atoms with Crippen molar-refractivity contribution in [2.45, 2.75) is 38.0 Å². The Morgan fingerprint density at radius 3 is 3.06 bits per heavy atom. The normalized spacial score (nSPS) is 19.2. The lowest BCUT2D eigenvalue weighted by molar-refractivity contribution is 0.277. The zero-order valence-corrected chi connectivity index (χ0v) is 9.91. The van der Waals surface area contributed by atoms with E-state index in [9.17, 15) is 0 Å². The van der Waals surface area contributed by atoms with Crippen molar-refractivity contribution in [3.8, 4) is 5.75 Å². The topological polar surface area (TPSA) is 29.5 Å². The van der Waals surface area contributed by atoms with Gasteiger partial charge in [-0.1, -0.05) is 6.07 Å². The van der Waals surface area contributed by atoms with Gasteiger partial charge in [-0.15, -0.1) is 0 Å². The fraction of sp³-hybridized carbons (Fsp3) is 0.571. The van der Waals surface area contributed by atoms with E-state index in [2.05, 4.69) is 18.2 Å². The SMILES string of the molecule is COc1ccc2c(c1)CCCC2CCCO. The monoisotopic (exact) mass is 220 g/mol. The van der Waals surface area contributed by atoms with Gasteiger partial charge in [0.05, 0.1) is 7.11 Å². The van der Waals surface area contributed by atoms with Crippen LogP contribution in [0.25, 0.3) is 0 Å². The fourth-order valence-corrected chi connectivity index (χ4v) is 2.66. The van der Waals surface area contributed by atoms with Gasteiger partial charge in [0.2, 0.25) is 0 Å². The van der Waals surface area contributed by atoms with Crippen molar-refractivity contribution in [3.05, 3.63) is 29.3 Å². The Labute approximate surface area is 97.3 Å². The molecule has 1 unspecified atom stereocenters. The molecule has 2 nitrogen and oxygen atoms in total. The number of aliphatic hydroxyl groups excluding tert-OH is 1. The Morgan fingerprint density at radius 1 is 1.44 bits per heavy atom. The van der Waals surface area contributed by atoms with E-state index < -0.39 is 0 Å². The summed E-state index contributed by atoms with van der Waals surface area (Å²) in [6.45, 7) is 0.308. The molecular formula is C14H20O2. The molecule has 1 aromatic rings. The number of fused-ring (bicyclic) bond motifs is 1. The first-order valence-corrected chi connectivity index (χ1v) is 6.13. The molecular weight excluding hydrogens is 200 g/mol. The first-order valence-electron chi connectivity index (χ1n) is 6.13. The minimum absolute atomic E-state index is 0.308. The molecule has 0 fully saturated rings. The number of aryl methyl sites for hydroxylation is 1. The molecule has 1 N–H and O–H groups in total. The minimum atomic E-state index is 0.308. The van der Waals surface area contributed by atoms with Crippen LogP contribution in [0.4, 0.5) is 0 Å². The van der Waals surface area contributed by atoms with Crippen LogP contribution in [0.3, 0.4) is 0 Å². The van der Waals surface area contributed by atoms with Crippen LogP contribution in [0.15, 0.2) is 18.2 Å². The molecule has 1 aliphatic rings. The van der Waals surface area contributed by atoms with E-state index in [1.54, 1.807) is 7.11 Å². The summed E-state index contributed by atoms with van der Waals surface area (Å²) < 4.78 is 5.26. The maximum absolute atomic E-state index is 8.91. The second kappa shape index (κ2) is 5.35. The van der Waals surface area contributed by atoms with Gasteiger partial charge in [0, 0.05) is 6.61 Å². The van der Waals surface area contributed by atoms with Crippen LogP contribution < -0.4 is 4.74 Å². The molecule has 88 valence electrons. The van der Waals surface area contributed by atoms with Crippen LogP contribution in [0.5, 0.6) is 5.75 Å². The minimum Gasteiger partial charge on any atom is -0.497 e. The Hall–Kier alpha value is -1.02. The summed E-state index contributed by atoms with van der Waals surface area (Å²) in [7, 11) is 1.72. The van der Waals surface area contributed by atoms with E-state index in [0.717, 1.165) is 18.6 Å². The summed E-state index contributed by atoms with van der Waals surface area (Å²) in [5, 5.41) is 8.91. The van der Waals surface area contributed by atoms with Gasteiger partial charge >= 0.3 is 0 Å². The summed E-state index contributed by atoms with van der Waals surface area (Å²) in [5.41, 5.74) is 2.91. The molecule has 0 amide bonds. The van der Waals surface area contributed by atoms with Gasteiger partial charge in [-0.25, -0.2) is 0 Å². The molecule has 0 saturated carbocycles. The van der Waals surface area contributed by atoms with Crippen molar-refractivity contribution in [1.29, 1.82) is 0 Å². The van der Waals surface area contributed by atoms with E-state index in [0.29, 0.717) is 12.5 Å². The standard InChI is InChI=1S/C14H20O2/c1-16-13-7-8-14-11(6-3-9-15)4-2-5-12(14)10-13/h7-8,10-11,15H,2-6,9H2,1H3. The van der Waals surface area contributed by atoms with Crippen LogP contribution in [0.1, 0.15) is 42.7 Å². The molecule has 16 heavy (non-hydrogen) atoms. The number of rotatable bonds is 4. The number of ether oxygens (including phenoxy) is 1. The molecule has 1 atom stereocenters. The van der Waals surface area contributed by atoms with Gasteiger partial charge in [-0.2, -0.15) is 0 Å². The lowest BCUT2D eigenvalue weighted by Crippen LogP contribution is -2.10. The predicted octanol–water partition coefficient (Wildman–Crippen LogP) is 2.89. The smallest absolute Gasteiger partial charge is 0.119 e. The zero-order chi connectivity index (χ0) is 11.4. The van der Waals surface area contributed by atoms with Gasteiger partial charge < -0.3 is 9.84 Å². The molecule has 1 aliphatic carbocycles. The molecule has 0 radical (unpaired) electrons. The highest BCUT2D eigenvalue weighted by Crippen LogP contribution is 2.36. The Bertz CT molecular complexity index is 347. The molecule has 0 bridgehead atoms. The van der Waals surface area contributed by atoms with Gasteiger partial charge in [0.15, 0.2) is 0 Å². The Morgan fingerprint density at radius 2 is 2.31 bits per heavy atom. The van der Waals surface area contributed by atoms with Gasteiger partial charge in [0.1, 0.15) is 5.75 Å². The summed E-state index contributed by atoms with van der Waals surface area (Å²) in [4.78, 5) is 0. The van der Waals surface area contributed by atoms with E-state index in [1.165, 1.54) is 30.4 Å². The quantitative estimate of drug-likeness (QED) is 0.845. The molecule has 1 aromatic carbocycles. The first-order chi connectivity index (χ1) is 7.85. The Balaban J connectivity index is 2.18. The van der Waals surface area contributed by atoms with Crippen LogP contribution >= 0.6 is 0 Å². The third-order valence-corrected chi connectivity index (χ3v) is 3.50. The third-order valence-electron chi connectivity index (χ3n) is 3.50. The summed E-state index contributed by atoms with van der Waals surface area (Å²) in [5.74, 6) is 1.60. The van der Waals surface area contributed by atoms with E-state index in [4.69, 9.17) is 9.84 Å². The number of methoxy groups -OCH3 is 1. The molecule has 0 saturated heterocycles. The van der Waals surface area contributed by atoms with Crippen LogP contribution in [0, 0.1) is 0 Å². The average Bonchev–Trinajstić information content (AvgIpc) is 2.35. The molecule has 0 aliphatic heterocycles. The van der Waals surface area contributed by atoms with E-state index in [1.807, 2.05) is 0 Å². The Kier molecular flexibility index (Phi) is 3.83. The van der Waals surface area contributed by atoms with Crippen molar-refractivity contribution in [3.63, 3.8) is 0 Å². The average molecular weight is 220 g/mol. The highest BCUT2D eigenvalue weighted by atomic mass is 16.5. The number of hydrogen-bond donors (Lipinski definition) is 1. The third kappa shape index (κ3) is 2.38. The van der Waals surface area contributed by atoms with Crippen LogP contribution in [-0.2, 0) is 6.42 Å². The van der Waals surface area contributed by atoms with Crippen LogP contribution in [-0.4, -0.2) is 18.8 Å². The maximum Gasteiger partial charge on any atom is 0.119 e. The van der Waals surface area contributed by atoms with Crippen molar-refractivity contribution >= 4 is 0 Å². The van der Waals surface area contributed by atoms with Crippen molar-refractivity contribution in [1.82, 2.24) is 0 Å². The van der Waals surface area contributed by atoms with E-state index >= 15 is 0 Å². The molecule has 2 rings (SSSR count). The molecule has 0 aromatic heterocycles. The summed E-state index contributed by atoms with van der Waals surface area (Å²) in [6, 6.07) is 6.42. The summed E-state index contributed by atoms with van der Waals surface area (Å²) >= 11 is 0. The second-order valence-electron chi connectivity index (χ2n) is 4.52. The lowest BCUT2D eigenvalue weighted by atomic mass is 9.80. The lowest BCUT2D eigenvalue weighted by Gasteiger charge is -2.25. The zero-order valence-electron chi connectivity index (χ0n) is 9.91. The predicted molar refractivity (Wildman–Crippen MR) is 65.0 cm³/mol. The first kappa shape index (κ1) is 11.5. The highest BCUT2D eigenvalue weighted by Gasteiger charge is 2.19. The van der Waals surface area contributed by atoms with E-state index in [-0.39, 0.29) is 0 Å². The molecule has 0 heterocycles. The molecule has 0 spiro atoms. The highest BCUT2D eigenvalue weighted by molar-refractivity contribution is 5.39. The van der Waals surface area contributed by atoms with Gasteiger partial charge in [-0.05, 0) is 61.3 Å². The fourth-order valence-electron chi connectivity index (χ4n) is 2.66. The summed E-state index contributed by atoms with van der Waals surface area (Å²) in [6.07, 6.45) is 5.71. The van der Waals surface area contributed by atoms with Gasteiger partial charge in [0.25, 0.3) is 0 Å².